The molecule has 2 rings (SSSR count). The van der Waals surface area contributed by atoms with Crippen LogP contribution in [0.15, 0.2) is 0 Å². The lowest BCUT2D eigenvalue weighted by Gasteiger charge is -2.56. The first-order valence-electron chi connectivity index (χ1n) is 8.00. The van der Waals surface area contributed by atoms with Crippen molar-refractivity contribution in [2.24, 2.45) is 23.0 Å². The third kappa shape index (κ3) is 2.22. The molecule has 2 nitrogen and oxygen atoms in total. The monoisotopic (exact) mass is 253 g/mol. The smallest absolute Gasteiger partial charge is 0.0743 e. The normalized spacial score (nSPS) is 46.0. The van der Waals surface area contributed by atoms with Crippen LogP contribution in [0.2, 0.25) is 0 Å². The largest absolute Gasteiger partial charge is 0.389 e. The van der Waals surface area contributed by atoms with Crippen LogP contribution in [0.25, 0.3) is 0 Å². The van der Waals surface area contributed by atoms with E-state index < -0.39 is 5.60 Å². The molecule has 0 heterocycles. The molecule has 2 fully saturated rings. The van der Waals surface area contributed by atoms with Gasteiger partial charge in [0.1, 0.15) is 0 Å². The molecule has 2 heteroatoms. The molecule has 2 saturated carbocycles. The molecule has 18 heavy (non-hydrogen) atoms. The van der Waals surface area contributed by atoms with Crippen molar-refractivity contribution < 1.29 is 5.11 Å². The van der Waals surface area contributed by atoms with E-state index in [1.165, 1.54) is 32.1 Å². The van der Waals surface area contributed by atoms with Crippen LogP contribution in [0.5, 0.6) is 0 Å². The van der Waals surface area contributed by atoms with E-state index in [0.717, 1.165) is 31.6 Å². The summed E-state index contributed by atoms with van der Waals surface area (Å²) >= 11 is 0. The molecule has 2 aliphatic carbocycles. The summed E-state index contributed by atoms with van der Waals surface area (Å²) in [7, 11) is 0. The minimum absolute atomic E-state index is 0.00572. The Balaban J connectivity index is 2.28. The molecule has 0 bridgehead atoms. The zero-order valence-electron chi connectivity index (χ0n) is 12.3. The molecular formula is C16H31NO. The maximum Gasteiger partial charge on any atom is 0.0743 e. The molecular weight excluding hydrogens is 222 g/mol. The highest BCUT2D eigenvalue weighted by atomic mass is 16.3. The molecule has 0 aromatic carbocycles. The molecule has 0 aromatic rings. The topological polar surface area (TPSA) is 46.2 Å². The van der Waals surface area contributed by atoms with Gasteiger partial charge in [-0.1, -0.05) is 46.0 Å². The standard InChI is InChI=1S/C16H31NO/c1-3-14-8-4-5-10-16(14,18)15(12-17)9-6-7-13(2)11-15/h13-14,18H,3-12,17H2,1-2H3. The lowest BCUT2D eigenvalue weighted by Crippen LogP contribution is -2.59. The third-order valence-electron chi connectivity index (χ3n) is 5.93. The lowest BCUT2D eigenvalue weighted by atomic mass is 9.53. The van der Waals surface area contributed by atoms with Gasteiger partial charge in [-0.05, 0) is 37.5 Å². The Hall–Kier alpha value is -0.0800. The zero-order valence-corrected chi connectivity index (χ0v) is 12.3. The summed E-state index contributed by atoms with van der Waals surface area (Å²) in [5, 5.41) is 11.4. The van der Waals surface area contributed by atoms with Gasteiger partial charge in [0, 0.05) is 12.0 Å². The van der Waals surface area contributed by atoms with Crippen molar-refractivity contribution in [1.29, 1.82) is 0 Å². The summed E-state index contributed by atoms with van der Waals surface area (Å²) in [5.41, 5.74) is 5.70. The van der Waals surface area contributed by atoms with E-state index in [1.54, 1.807) is 0 Å². The number of nitrogens with two attached hydrogens (primary N) is 1. The van der Waals surface area contributed by atoms with Crippen molar-refractivity contribution >= 4 is 0 Å². The van der Waals surface area contributed by atoms with E-state index in [0.29, 0.717) is 12.5 Å². The fourth-order valence-corrected chi connectivity index (χ4v) is 4.88. The van der Waals surface area contributed by atoms with Crippen LogP contribution in [0.1, 0.15) is 71.6 Å². The Morgan fingerprint density at radius 3 is 2.56 bits per heavy atom. The Morgan fingerprint density at radius 1 is 1.17 bits per heavy atom. The molecule has 0 aliphatic heterocycles. The summed E-state index contributed by atoms with van der Waals surface area (Å²) < 4.78 is 0. The van der Waals surface area contributed by atoms with Crippen LogP contribution in [-0.2, 0) is 0 Å². The number of hydrogen-bond donors (Lipinski definition) is 2. The van der Waals surface area contributed by atoms with Gasteiger partial charge in [-0.25, -0.2) is 0 Å². The number of hydrogen-bond acceptors (Lipinski definition) is 2. The van der Waals surface area contributed by atoms with E-state index in [4.69, 9.17) is 5.73 Å². The van der Waals surface area contributed by atoms with Crippen LogP contribution in [-0.4, -0.2) is 17.3 Å². The van der Waals surface area contributed by atoms with Crippen LogP contribution in [0.4, 0.5) is 0 Å². The van der Waals surface area contributed by atoms with Gasteiger partial charge in [-0.15, -0.1) is 0 Å². The minimum atomic E-state index is -0.483. The van der Waals surface area contributed by atoms with E-state index in [-0.39, 0.29) is 5.41 Å². The highest BCUT2D eigenvalue weighted by molar-refractivity contribution is 5.06. The summed E-state index contributed by atoms with van der Waals surface area (Å²) in [6.45, 7) is 5.23. The van der Waals surface area contributed by atoms with Gasteiger partial charge < -0.3 is 10.8 Å². The van der Waals surface area contributed by atoms with Crippen LogP contribution < -0.4 is 5.73 Å². The maximum absolute atomic E-state index is 11.4. The quantitative estimate of drug-likeness (QED) is 0.809. The van der Waals surface area contributed by atoms with Crippen molar-refractivity contribution in [1.82, 2.24) is 0 Å². The van der Waals surface area contributed by atoms with E-state index in [1.807, 2.05) is 0 Å². The Kier molecular flexibility index (Phi) is 4.38. The average Bonchev–Trinajstić information content (AvgIpc) is 2.39. The summed E-state index contributed by atoms with van der Waals surface area (Å²) in [5.74, 6) is 1.20. The van der Waals surface area contributed by atoms with Gasteiger partial charge >= 0.3 is 0 Å². The van der Waals surface area contributed by atoms with Gasteiger partial charge in [-0.3, -0.25) is 0 Å². The number of rotatable bonds is 3. The van der Waals surface area contributed by atoms with Gasteiger partial charge in [0.2, 0.25) is 0 Å². The lowest BCUT2D eigenvalue weighted by molar-refractivity contribution is -0.164. The van der Waals surface area contributed by atoms with Gasteiger partial charge in [-0.2, -0.15) is 0 Å². The van der Waals surface area contributed by atoms with Crippen LogP contribution >= 0.6 is 0 Å². The molecule has 4 unspecified atom stereocenters. The predicted molar refractivity (Wildman–Crippen MR) is 76.3 cm³/mol. The molecule has 0 spiro atoms. The van der Waals surface area contributed by atoms with Gasteiger partial charge in [0.05, 0.1) is 5.60 Å². The van der Waals surface area contributed by atoms with E-state index >= 15 is 0 Å². The molecule has 0 amide bonds. The minimum Gasteiger partial charge on any atom is -0.389 e. The van der Waals surface area contributed by atoms with Crippen molar-refractivity contribution in [2.45, 2.75) is 77.2 Å². The highest BCUT2D eigenvalue weighted by Crippen LogP contribution is 2.54. The van der Waals surface area contributed by atoms with Crippen molar-refractivity contribution in [3.8, 4) is 0 Å². The second-order valence-electron chi connectivity index (χ2n) is 6.96. The fourth-order valence-electron chi connectivity index (χ4n) is 4.88. The van der Waals surface area contributed by atoms with Gasteiger partial charge in [0.25, 0.3) is 0 Å². The van der Waals surface area contributed by atoms with E-state index in [9.17, 15) is 5.11 Å². The number of aliphatic hydroxyl groups is 1. The van der Waals surface area contributed by atoms with Crippen molar-refractivity contribution in [3.63, 3.8) is 0 Å². The first-order chi connectivity index (χ1) is 8.58. The van der Waals surface area contributed by atoms with Crippen molar-refractivity contribution in [2.75, 3.05) is 6.54 Å². The SMILES string of the molecule is CCC1CCCCC1(O)C1(CN)CCCC(C)C1. The molecule has 4 atom stereocenters. The average molecular weight is 253 g/mol. The summed E-state index contributed by atoms with van der Waals surface area (Å²) in [6.07, 6.45) is 10.6. The summed E-state index contributed by atoms with van der Waals surface area (Å²) in [4.78, 5) is 0. The fraction of sp³-hybridized carbons (Fsp3) is 1.00. The van der Waals surface area contributed by atoms with Gasteiger partial charge in [0.15, 0.2) is 0 Å². The molecule has 0 radical (unpaired) electrons. The van der Waals surface area contributed by atoms with Crippen molar-refractivity contribution in [3.05, 3.63) is 0 Å². The Labute approximate surface area is 112 Å². The second kappa shape index (κ2) is 5.50. The first-order valence-corrected chi connectivity index (χ1v) is 8.00. The third-order valence-corrected chi connectivity index (χ3v) is 5.93. The molecule has 3 N–H and O–H groups in total. The molecule has 2 aliphatic rings. The zero-order chi connectivity index (χ0) is 13.2. The molecule has 106 valence electrons. The summed E-state index contributed by atoms with van der Waals surface area (Å²) in [6, 6.07) is 0. The maximum atomic E-state index is 11.4. The van der Waals surface area contributed by atoms with Crippen LogP contribution in [0.3, 0.4) is 0 Å². The Bertz CT molecular complexity index is 278. The van der Waals surface area contributed by atoms with E-state index in [2.05, 4.69) is 13.8 Å². The molecule has 0 aromatic heterocycles. The Morgan fingerprint density at radius 2 is 1.94 bits per heavy atom. The second-order valence-corrected chi connectivity index (χ2v) is 6.96. The molecule has 0 saturated heterocycles. The first kappa shape index (κ1) is 14.3. The van der Waals surface area contributed by atoms with Crippen LogP contribution in [0, 0.1) is 17.3 Å². The predicted octanol–water partition coefficient (Wildman–Crippen LogP) is 3.47. The highest BCUT2D eigenvalue weighted by Gasteiger charge is 2.54.